The molecule has 4 heteroatoms. The van der Waals surface area contributed by atoms with Crippen LogP contribution >= 0.6 is 11.3 Å². The molecule has 1 heterocycles. The van der Waals surface area contributed by atoms with Gasteiger partial charge in [0.2, 0.25) is 0 Å². The minimum absolute atomic E-state index is 0.252. The van der Waals surface area contributed by atoms with Crippen molar-refractivity contribution in [1.29, 1.82) is 5.26 Å². The summed E-state index contributed by atoms with van der Waals surface area (Å²) in [4.78, 5) is 5.06. The Morgan fingerprint density at radius 3 is 2.88 bits per heavy atom. The van der Waals surface area contributed by atoms with Crippen molar-refractivity contribution in [2.24, 2.45) is 0 Å². The first kappa shape index (κ1) is 10.8. The fourth-order valence-corrected chi connectivity index (χ4v) is 2.51. The van der Waals surface area contributed by atoms with Gasteiger partial charge in [-0.2, -0.15) is 5.26 Å². The normalized spacial score (nSPS) is 10.1. The number of hydrogen-bond acceptors (Lipinski definition) is 3. The third kappa shape index (κ3) is 1.95. The number of aromatic nitrogens is 1. The number of aryl methyl sites for hydroxylation is 1. The molecule has 1 aromatic carbocycles. The average Bonchev–Trinajstić information content (AvgIpc) is 2.61. The van der Waals surface area contributed by atoms with Crippen molar-refractivity contribution < 1.29 is 4.39 Å². The quantitative estimate of drug-likeness (QED) is 0.796. The van der Waals surface area contributed by atoms with E-state index < -0.39 is 0 Å². The van der Waals surface area contributed by atoms with E-state index in [9.17, 15) is 4.39 Å². The van der Waals surface area contributed by atoms with Gasteiger partial charge in [-0.25, -0.2) is 9.37 Å². The zero-order valence-corrected chi connectivity index (χ0v) is 9.51. The van der Waals surface area contributed by atoms with E-state index in [1.807, 2.05) is 13.0 Å². The lowest BCUT2D eigenvalue weighted by Gasteiger charge is -1.99. The van der Waals surface area contributed by atoms with Gasteiger partial charge in [0.1, 0.15) is 10.8 Å². The van der Waals surface area contributed by atoms with E-state index in [0.29, 0.717) is 5.56 Å². The maximum absolute atomic E-state index is 13.6. The Hall–Kier alpha value is -1.73. The molecule has 2 rings (SSSR count). The predicted octanol–water partition coefficient (Wildman–Crippen LogP) is 3.32. The van der Waals surface area contributed by atoms with Crippen LogP contribution < -0.4 is 0 Å². The molecule has 0 spiro atoms. The summed E-state index contributed by atoms with van der Waals surface area (Å²) < 4.78 is 13.6. The summed E-state index contributed by atoms with van der Waals surface area (Å²) in [6.45, 7) is 1.83. The van der Waals surface area contributed by atoms with Gasteiger partial charge in [-0.15, -0.1) is 11.3 Å². The molecule has 2 aromatic rings. The molecule has 0 bridgehead atoms. The smallest absolute Gasteiger partial charge is 0.131 e. The fraction of sp³-hybridized carbons (Fsp3) is 0.167. The van der Waals surface area contributed by atoms with Gasteiger partial charge in [0.05, 0.1) is 23.1 Å². The Morgan fingerprint density at radius 1 is 1.44 bits per heavy atom. The molecule has 2 nitrogen and oxygen atoms in total. The highest BCUT2D eigenvalue weighted by Crippen LogP contribution is 2.31. The summed E-state index contributed by atoms with van der Waals surface area (Å²) in [5.41, 5.74) is 1.34. The van der Waals surface area contributed by atoms with Crippen LogP contribution in [-0.2, 0) is 6.42 Å². The first-order valence-electron chi connectivity index (χ1n) is 4.80. The summed E-state index contributed by atoms with van der Waals surface area (Å²) >= 11 is 1.38. The van der Waals surface area contributed by atoms with Gasteiger partial charge in [-0.3, -0.25) is 0 Å². The fourth-order valence-electron chi connectivity index (χ4n) is 1.49. The van der Waals surface area contributed by atoms with Crippen molar-refractivity contribution in [1.82, 2.24) is 4.98 Å². The van der Waals surface area contributed by atoms with Gasteiger partial charge in [0.15, 0.2) is 0 Å². The van der Waals surface area contributed by atoms with Gasteiger partial charge in [0.25, 0.3) is 0 Å². The van der Waals surface area contributed by atoms with E-state index in [0.717, 1.165) is 15.6 Å². The topological polar surface area (TPSA) is 36.7 Å². The number of rotatable bonds is 2. The number of nitriles is 1. The lowest BCUT2D eigenvalue weighted by molar-refractivity contribution is 0.631. The van der Waals surface area contributed by atoms with Crippen molar-refractivity contribution in [3.8, 4) is 16.5 Å². The van der Waals surface area contributed by atoms with Crippen molar-refractivity contribution in [3.05, 3.63) is 40.8 Å². The monoisotopic (exact) mass is 232 g/mol. The third-order valence-corrected chi connectivity index (χ3v) is 3.38. The minimum atomic E-state index is -0.252. The molecule has 0 aliphatic carbocycles. The van der Waals surface area contributed by atoms with E-state index in [1.54, 1.807) is 18.2 Å². The number of halogens is 1. The van der Waals surface area contributed by atoms with Gasteiger partial charge < -0.3 is 0 Å². The van der Waals surface area contributed by atoms with Crippen LogP contribution in [0.1, 0.15) is 10.7 Å². The molecule has 1 aromatic heterocycles. The van der Waals surface area contributed by atoms with Crippen molar-refractivity contribution >= 4 is 11.3 Å². The molecule has 16 heavy (non-hydrogen) atoms. The van der Waals surface area contributed by atoms with Gasteiger partial charge in [0, 0.05) is 5.56 Å². The van der Waals surface area contributed by atoms with Crippen LogP contribution in [0, 0.1) is 24.1 Å². The molecule has 0 saturated heterocycles. The van der Waals surface area contributed by atoms with E-state index in [4.69, 9.17) is 5.26 Å². The lowest BCUT2D eigenvalue weighted by Crippen LogP contribution is -1.83. The van der Waals surface area contributed by atoms with E-state index in [-0.39, 0.29) is 12.2 Å². The maximum Gasteiger partial charge on any atom is 0.131 e. The Bertz CT molecular complexity index is 554. The summed E-state index contributed by atoms with van der Waals surface area (Å²) in [6, 6.07) is 8.65. The Balaban J connectivity index is 2.49. The van der Waals surface area contributed by atoms with Crippen LogP contribution in [0.25, 0.3) is 10.4 Å². The second-order valence-electron chi connectivity index (χ2n) is 3.34. The molecule has 0 aliphatic rings. The molecule has 0 saturated carbocycles. The summed E-state index contributed by atoms with van der Waals surface area (Å²) in [6.07, 6.45) is 0.278. The Labute approximate surface area is 97.0 Å². The van der Waals surface area contributed by atoms with Crippen LogP contribution in [-0.4, -0.2) is 4.98 Å². The van der Waals surface area contributed by atoms with E-state index in [1.165, 1.54) is 17.4 Å². The molecule has 0 N–H and O–H groups in total. The largest absolute Gasteiger partial charge is 0.245 e. The Morgan fingerprint density at radius 2 is 2.19 bits per heavy atom. The van der Waals surface area contributed by atoms with Crippen molar-refractivity contribution in [3.63, 3.8) is 0 Å². The highest BCUT2D eigenvalue weighted by atomic mass is 32.1. The summed E-state index contributed by atoms with van der Waals surface area (Å²) in [7, 11) is 0. The van der Waals surface area contributed by atoms with E-state index in [2.05, 4.69) is 4.98 Å². The molecule has 0 fully saturated rings. The van der Waals surface area contributed by atoms with Crippen molar-refractivity contribution in [2.45, 2.75) is 13.3 Å². The highest BCUT2D eigenvalue weighted by Gasteiger charge is 2.12. The molecule has 0 amide bonds. The SMILES string of the molecule is Cc1nc(CC#N)sc1-c1ccccc1F. The average molecular weight is 232 g/mol. The van der Waals surface area contributed by atoms with Crippen molar-refractivity contribution in [2.75, 3.05) is 0 Å². The predicted molar refractivity (Wildman–Crippen MR) is 61.6 cm³/mol. The van der Waals surface area contributed by atoms with Crippen LogP contribution in [0.5, 0.6) is 0 Å². The first-order valence-corrected chi connectivity index (χ1v) is 5.62. The number of hydrogen-bond donors (Lipinski definition) is 0. The van der Waals surface area contributed by atoms with Crippen LogP contribution in [0.3, 0.4) is 0 Å². The van der Waals surface area contributed by atoms with Gasteiger partial charge >= 0.3 is 0 Å². The number of thiazole rings is 1. The molecule has 80 valence electrons. The standard InChI is InChI=1S/C12H9FN2S/c1-8-12(16-11(15-8)6-7-14)9-4-2-3-5-10(9)13/h2-5H,6H2,1H3. The molecule has 0 atom stereocenters. The maximum atomic E-state index is 13.6. The van der Waals surface area contributed by atoms with Gasteiger partial charge in [-0.1, -0.05) is 18.2 Å². The zero-order valence-electron chi connectivity index (χ0n) is 8.70. The number of nitrogens with zero attached hydrogens (tertiary/aromatic N) is 2. The molecular formula is C12H9FN2S. The van der Waals surface area contributed by atoms with Crippen LogP contribution in [0.2, 0.25) is 0 Å². The van der Waals surface area contributed by atoms with Crippen LogP contribution in [0.4, 0.5) is 4.39 Å². The number of benzene rings is 1. The third-order valence-electron chi connectivity index (χ3n) is 2.19. The highest BCUT2D eigenvalue weighted by molar-refractivity contribution is 7.15. The second-order valence-corrected chi connectivity index (χ2v) is 4.42. The van der Waals surface area contributed by atoms with E-state index >= 15 is 0 Å². The molecule has 0 aliphatic heterocycles. The summed E-state index contributed by atoms with van der Waals surface area (Å²) in [5.74, 6) is -0.252. The summed E-state index contributed by atoms with van der Waals surface area (Å²) in [5, 5.41) is 9.32. The Kier molecular flexibility index (Phi) is 2.97. The lowest BCUT2D eigenvalue weighted by atomic mass is 10.1. The molecule has 0 radical (unpaired) electrons. The zero-order chi connectivity index (χ0) is 11.5. The van der Waals surface area contributed by atoms with Gasteiger partial charge in [-0.05, 0) is 13.0 Å². The first-order chi connectivity index (χ1) is 7.72. The van der Waals surface area contributed by atoms with Crippen LogP contribution in [0.15, 0.2) is 24.3 Å². The molecular weight excluding hydrogens is 223 g/mol. The second kappa shape index (κ2) is 4.42. The minimum Gasteiger partial charge on any atom is -0.245 e. The molecule has 0 unspecified atom stereocenters.